The Balaban J connectivity index is 2.70. The quantitative estimate of drug-likeness (QED) is 0.801. The Labute approximate surface area is 102 Å². The third-order valence-corrected chi connectivity index (χ3v) is 2.34. The molecule has 17 heavy (non-hydrogen) atoms. The van der Waals surface area contributed by atoms with Gasteiger partial charge >= 0.3 is 5.97 Å². The van der Waals surface area contributed by atoms with Crippen molar-refractivity contribution >= 4 is 23.5 Å². The van der Waals surface area contributed by atoms with E-state index in [1.807, 2.05) is 0 Å². The predicted octanol–water partition coefficient (Wildman–Crippen LogP) is 1.32. The molecule has 0 fully saturated rings. The number of aromatic nitrogens is 1. The number of carboxylic acids is 1. The molecule has 0 radical (unpaired) electrons. The second kappa shape index (κ2) is 5.58. The molecule has 1 heterocycles. The highest BCUT2D eigenvalue weighted by Crippen LogP contribution is 2.13. The van der Waals surface area contributed by atoms with Crippen LogP contribution in [0.3, 0.4) is 0 Å². The summed E-state index contributed by atoms with van der Waals surface area (Å²) in [5, 5.41) is 10.8. The van der Waals surface area contributed by atoms with E-state index < -0.39 is 23.6 Å². The zero-order valence-electron chi connectivity index (χ0n) is 8.91. The number of carbonyl (C=O) groups is 2. The number of hydrogen-bond acceptors (Lipinski definition) is 3. The molecule has 0 spiro atoms. The minimum Gasteiger partial charge on any atom is -0.481 e. The van der Waals surface area contributed by atoms with Crippen LogP contribution in [0, 0.1) is 11.7 Å². The van der Waals surface area contributed by atoms with E-state index in [9.17, 15) is 14.0 Å². The van der Waals surface area contributed by atoms with Crippen LogP contribution in [0.1, 0.15) is 17.3 Å². The van der Waals surface area contributed by atoms with Crippen LogP contribution in [-0.4, -0.2) is 28.5 Å². The monoisotopic (exact) mass is 260 g/mol. The van der Waals surface area contributed by atoms with Crippen molar-refractivity contribution in [3.05, 3.63) is 28.8 Å². The van der Waals surface area contributed by atoms with Crippen molar-refractivity contribution in [1.29, 1.82) is 0 Å². The summed E-state index contributed by atoms with van der Waals surface area (Å²) >= 11 is 5.61. The smallest absolute Gasteiger partial charge is 0.308 e. The molecule has 0 aliphatic heterocycles. The Morgan fingerprint density at radius 3 is 2.88 bits per heavy atom. The summed E-state index contributed by atoms with van der Waals surface area (Å²) in [6.45, 7) is 1.37. The lowest BCUT2D eigenvalue weighted by atomic mass is 10.2. The van der Waals surface area contributed by atoms with Crippen LogP contribution < -0.4 is 5.32 Å². The zero-order chi connectivity index (χ0) is 13.0. The van der Waals surface area contributed by atoms with E-state index >= 15 is 0 Å². The van der Waals surface area contributed by atoms with E-state index in [0.717, 1.165) is 12.3 Å². The Kier molecular flexibility index (Phi) is 4.39. The lowest BCUT2D eigenvalue weighted by Gasteiger charge is -2.08. The van der Waals surface area contributed by atoms with E-state index in [1.54, 1.807) is 0 Å². The van der Waals surface area contributed by atoms with Gasteiger partial charge in [0, 0.05) is 6.54 Å². The fourth-order valence-corrected chi connectivity index (χ4v) is 1.20. The number of nitrogens with zero attached hydrogens (tertiary/aromatic N) is 1. The molecule has 1 aromatic rings. The Bertz CT molecular complexity index is 453. The molecular formula is C10H10ClFN2O3. The van der Waals surface area contributed by atoms with Crippen molar-refractivity contribution in [3.8, 4) is 0 Å². The number of halogens is 2. The van der Waals surface area contributed by atoms with Crippen LogP contribution in [-0.2, 0) is 4.79 Å². The first-order valence-electron chi connectivity index (χ1n) is 4.74. The number of hydrogen-bond donors (Lipinski definition) is 2. The van der Waals surface area contributed by atoms with Gasteiger partial charge in [0.05, 0.1) is 17.7 Å². The molecular weight excluding hydrogens is 251 g/mol. The summed E-state index contributed by atoms with van der Waals surface area (Å²) < 4.78 is 12.8. The Morgan fingerprint density at radius 2 is 2.29 bits per heavy atom. The SMILES string of the molecule is CC(CNC(=O)c1cc(F)cnc1Cl)C(=O)O. The van der Waals surface area contributed by atoms with E-state index in [2.05, 4.69) is 10.3 Å². The first kappa shape index (κ1) is 13.4. The molecule has 1 aromatic heterocycles. The average molecular weight is 261 g/mol. The summed E-state index contributed by atoms with van der Waals surface area (Å²) in [5.41, 5.74) is -0.121. The van der Waals surface area contributed by atoms with Crippen LogP contribution in [0.5, 0.6) is 0 Å². The van der Waals surface area contributed by atoms with Crippen LogP contribution in [0.15, 0.2) is 12.3 Å². The van der Waals surface area contributed by atoms with Crippen molar-refractivity contribution in [2.24, 2.45) is 5.92 Å². The first-order valence-corrected chi connectivity index (χ1v) is 5.11. The van der Waals surface area contributed by atoms with E-state index in [0.29, 0.717) is 0 Å². The lowest BCUT2D eigenvalue weighted by Crippen LogP contribution is -2.31. The highest BCUT2D eigenvalue weighted by atomic mass is 35.5. The molecule has 0 saturated heterocycles. The molecule has 5 nitrogen and oxygen atoms in total. The highest BCUT2D eigenvalue weighted by molar-refractivity contribution is 6.32. The number of carbonyl (C=O) groups excluding carboxylic acids is 1. The minimum atomic E-state index is -1.03. The fourth-order valence-electron chi connectivity index (χ4n) is 1.01. The van der Waals surface area contributed by atoms with Crippen molar-refractivity contribution in [1.82, 2.24) is 10.3 Å². The summed E-state index contributed by atoms with van der Waals surface area (Å²) in [5.74, 6) is -3.12. The number of pyridine rings is 1. The first-order chi connectivity index (χ1) is 7.91. The summed E-state index contributed by atoms with van der Waals surface area (Å²) in [4.78, 5) is 25.5. The van der Waals surface area contributed by atoms with Gasteiger partial charge < -0.3 is 10.4 Å². The largest absolute Gasteiger partial charge is 0.481 e. The van der Waals surface area contributed by atoms with Crippen molar-refractivity contribution in [3.63, 3.8) is 0 Å². The third-order valence-electron chi connectivity index (χ3n) is 2.04. The standard InChI is InChI=1S/C10H10ClFN2O3/c1-5(10(16)17)3-14-9(15)7-2-6(12)4-13-8(7)11/h2,4-5H,3H2,1H3,(H,14,15)(H,16,17). The van der Waals surface area contributed by atoms with Gasteiger partial charge in [0.1, 0.15) is 11.0 Å². The Hall–Kier alpha value is -1.69. The van der Waals surface area contributed by atoms with Gasteiger partial charge in [-0.2, -0.15) is 0 Å². The van der Waals surface area contributed by atoms with Gasteiger partial charge in [-0.3, -0.25) is 9.59 Å². The molecule has 1 rings (SSSR count). The Morgan fingerprint density at radius 1 is 1.65 bits per heavy atom. The van der Waals surface area contributed by atoms with E-state index in [-0.39, 0.29) is 17.3 Å². The van der Waals surface area contributed by atoms with Crippen LogP contribution in [0.4, 0.5) is 4.39 Å². The molecule has 0 saturated carbocycles. The number of nitrogens with one attached hydrogen (secondary N) is 1. The highest BCUT2D eigenvalue weighted by Gasteiger charge is 2.16. The fraction of sp³-hybridized carbons (Fsp3) is 0.300. The van der Waals surface area contributed by atoms with Gasteiger partial charge in [-0.25, -0.2) is 9.37 Å². The van der Waals surface area contributed by atoms with Crippen molar-refractivity contribution in [2.45, 2.75) is 6.92 Å². The molecule has 92 valence electrons. The summed E-state index contributed by atoms with van der Waals surface area (Å²) in [6.07, 6.45) is 0.888. The molecule has 0 aromatic carbocycles. The predicted molar refractivity (Wildman–Crippen MR) is 58.3 cm³/mol. The maximum absolute atomic E-state index is 12.8. The maximum atomic E-state index is 12.8. The minimum absolute atomic E-state index is 0.0684. The van der Waals surface area contributed by atoms with Crippen LogP contribution in [0.2, 0.25) is 5.15 Å². The van der Waals surface area contributed by atoms with Gasteiger partial charge in [0.2, 0.25) is 0 Å². The molecule has 2 N–H and O–H groups in total. The van der Waals surface area contributed by atoms with Gasteiger partial charge in [0.15, 0.2) is 0 Å². The molecule has 1 unspecified atom stereocenters. The number of rotatable bonds is 4. The lowest BCUT2D eigenvalue weighted by molar-refractivity contribution is -0.140. The van der Waals surface area contributed by atoms with Crippen LogP contribution >= 0.6 is 11.6 Å². The normalized spacial score (nSPS) is 11.9. The van der Waals surface area contributed by atoms with E-state index in [1.165, 1.54) is 6.92 Å². The molecule has 0 aliphatic rings. The second-order valence-corrected chi connectivity index (χ2v) is 3.80. The number of carboxylic acid groups (broad SMARTS) is 1. The zero-order valence-corrected chi connectivity index (χ0v) is 9.66. The molecule has 1 atom stereocenters. The second-order valence-electron chi connectivity index (χ2n) is 3.44. The molecule has 1 amide bonds. The van der Waals surface area contributed by atoms with Crippen LogP contribution in [0.25, 0.3) is 0 Å². The number of amides is 1. The molecule has 0 bridgehead atoms. The third kappa shape index (κ3) is 3.67. The molecule has 0 aliphatic carbocycles. The molecule has 7 heteroatoms. The summed E-state index contributed by atoms with van der Waals surface area (Å²) in [7, 11) is 0. The van der Waals surface area contributed by atoms with Gasteiger partial charge in [-0.1, -0.05) is 18.5 Å². The van der Waals surface area contributed by atoms with Gasteiger partial charge in [-0.05, 0) is 6.07 Å². The number of aliphatic carboxylic acids is 1. The maximum Gasteiger partial charge on any atom is 0.308 e. The summed E-state index contributed by atoms with van der Waals surface area (Å²) in [6, 6.07) is 0.941. The van der Waals surface area contributed by atoms with Crippen molar-refractivity contribution < 1.29 is 19.1 Å². The van der Waals surface area contributed by atoms with E-state index in [4.69, 9.17) is 16.7 Å². The topological polar surface area (TPSA) is 79.3 Å². The van der Waals surface area contributed by atoms with Crippen molar-refractivity contribution in [2.75, 3.05) is 6.54 Å². The average Bonchev–Trinajstić information content (AvgIpc) is 2.28. The van der Waals surface area contributed by atoms with Gasteiger partial charge in [0.25, 0.3) is 5.91 Å². The van der Waals surface area contributed by atoms with Gasteiger partial charge in [-0.15, -0.1) is 0 Å².